The lowest BCUT2D eigenvalue weighted by Gasteiger charge is -2.22. The van der Waals surface area contributed by atoms with Gasteiger partial charge in [-0.2, -0.15) is 0 Å². The molecule has 6 heteroatoms. The van der Waals surface area contributed by atoms with E-state index in [0.717, 1.165) is 24.0 Å². The molecule has 1 atom stereocenters. The fraction of sp³-hybridized carbons (Fsp3) is 0.500. The first-order valence-corrected chi connectivity index (χ1v) is 8.45. The first-order valence-electron chi connectivity index (χ1n) is 7.66. The highest BCUT2D eigenvalue weighted by Gasteiger charge is 2.13. The molecule has 3 N–H and O–H groups in total. The van der Waals surface area contributed by atoms with Crippen LogP contribution < -0.4 is 16.0 Å². The van der Waals surface area contributed by atoms with Gasteiger partial charge in [-0.3, -0.25) is 9.59 Å². The van der Waals surface area contributed by atoms with Crippen LogP contribution in [-0.2, 0) is 4.79 Å². The van der Waals surface area contributed by atoms with Crippen molar-refractivity contribution in [2.75, 3.05) is 26.2 Å². The van der Waals surface area contributed by atoms with Gasteiger partial charge < -0.3 is 16.0 Å². The number of hydrogen-bond acceptors (Lipinski definition) is 3. The first-order chi connectivity index (χ1) is 10.6. The molecule has 1 unspecified atom stereocenters. The van der Waals surface area contributed by atoms with Gasteiger partial charge in [0, 0.05) is 29.5 Å². The summed E-state index contributed by atoms with van der Waals surface area (Å²) < 4.78 is 0.931. The van der Waals surface area contributed by atoms with Gasteiger partial charge in [-0.1, -0.05) is 15.9 Å². The Balaban J connectivity index is 1.61. The molecule has 22 heavy (non-hydrogen) atoms. The van der Waals surface area contributed by atoms with Gasteiger partial charge in [0.25, 0.3) is 5.91 Å². The normalized spacial score (nSPS) is 17.8. The molecular weight excluding hydrogens is 346 g/mol. The second-order valence-corrected chi connectivity index (χ2v) is 6.44. The number of halogens is 1. The number of rotatable bonds is 6. The average molecular weight is 368 g/mol. The van der Waals surface area contributed by atoms with Crippen molar-refractivity contribution in [3.05, 3.63) is 34.3 Å². The second kappa shape index (κ2) is 8.90. The van der Waals surface area contributed by atoms with Crippen molar-refractivity contribution in [1.29, 1.82) is 0 Å². The summed E-state index contributed by atoms with van der Waals surface area (Å²) in [6, 6.07) is 7.13. The fourth-order valence-corrected chi connectivity index (χ4v) is 2.70. The molecule has 1 aliphatic rings. The third kappa shape index (κ3) is 5.77. The third-order valence-electron chi connectivity index (χ3n) is 3.73. The van der Waals surface area contributed by atoms with Crippen LogP contribution in [0.1, 0.15) is 29.6 Å². The van der Waals surface area contributed by atoms with E-state index in [1.807, 2.05) is 12.1 Å². The van der Waals surface area contributed by atoms with Crippen molar-refractivity contribution in [2.24, 2.45) is 5.92 Å². The van der Waals surface area contributed by atoms with Gasteiger partial charge in [-0.25, -0.2) is 0 Å². The summed E-state index contributed by atoms with van der Waals surface area (Å²) in [7, 11) is 0. The Hall–Kier alpha value is -1.40. The first kappa shape index (κ1) is 17.0. The lowest BCUT2D eigenvalue weighted by Crippen LogP contribution is -2.39. The number of benzene rings is 1. The molecule has 5 nitrogen and oxygen atoms in total. The summed E-state index contributed by atoms with van der Waals surface area (Å²) in [5, 5.41) is 9.02. The van der Waals surface area contributed by atoms with Gasteiger partial charge in [0.2, 0.25) is 5.91 Å². The molecule has 0 radical (unpaired) electrons. The largest absolute Gasteiger partial charge is 0.356 e. The zero-order valence-corrected chi connectivity index (χ0v) is 14.1. The van der Waals surface area contributed by atoms with Crippen LogP contribution >= 0.6 is 15.9 Å². The molecule has 1 fully saturated rings. The highest BCUT2D eigenvalue weighted by molar-refractivity contribution is 9.10. The predicted molar refractivity (Wildman–Crippen MR) is 89.7 cm³/mol. The minimum absolute atomic E-state index is 0.0123. The van der Waals surface area contributed by atoms with Crippen molar-refractivity contribution in [1.82, 2.24) is 16.0 Å². The van der Waals surface area contributed by atoms with Crippen LogP contribution in [0.2, 0.25) is 0 Å². The number of piperidine rings is 1. The number of carbonyl (C=O) groups excluding carboxylic acids is 2. The maximum absolute atomic E-state index is 11.9. The Labute approximate surface area is 139 Å². The molecule has 0 aromatic heterocycles. The summed E-state index contributed by atoms with van der Waals surface area (Å²) in [6.45, 7) is 3.11. The molecule has 1 aromatic carbocycles. The van der Waals surface area contributed by atoms with Crippen molar-refractivity contribution in [3.8, 4) is 0 Å². The van der Waals surface area contributed by atoms with Gasteiger partial charge in [0.15, 0.2) is 0 Å². The van der Waals surface area contributed by atoms with Gasteiger partial charge >= 0.3 is 0 Å². The van der Waals surface area contributed by atoms with Gasteiger partial charge in [-0.05, 0) is 56.1 Å². The summed E-state index contributed by atoms with van der Waals surface area (Å²) in [4.78, 5) is 23.6. The molecule has 0 bridgehead atoms. The molecule has 0 saturated carbocycles. The maximum Gasteiger partial charge on any atom is 0.251 e. The number of carbonyl (C=O) groups is 2. The summed E-state index contributed by atoms with van der Waals surface area (Å²) in [5.41, 5.74) is 0.594. The highest BCUT2D eigenvalue weighted by Crippen LogP contribution is 2.10. The van der Waals surface area contributed by atoms with Crippen LogP contribution in [0.3, 0.4) is 0 Å². The summed E-state index contributed by atoms with van der Waals surface area (Å²) in [6.07, 6.45) is 2.64. The molecule has 1 aromatic rings. The minimum Gasteiger partial charge on any atom is -0.356 e. The molecule has 1 heterocycles. The van der Waals surface area contributed by atoms with Crippen LogP contribution in [0.4, 0.5) is 0 Å². The van der Waals surface area contributed by atoms with E-state index in [1.165, 1.54) is 6.42 Å². The Kier molecular flexibility index (Phi) is 6.86. The third-order valence-corrected chi connectivity index (χ3v) is 4.26. The molecule has 1 aliphatic heterocycles. The maximum atomic E-state index is 11.9. The Morgan fingerprint density at radius 2 is 2.00 bits per heavy atom. The van der Waals surface area contributed by atoms with E-state index >= 15 is 0 Å². The lowest BCUT2D eigenvalue weighted by atomic mass is 10.00. The van der Waals surface area contributed by atoms with Gasteiger partial charge in [0.05, 0.1) is 0 Å². The van der Waals surface area contributed by atoms with E-state index in [2.05, 4.69) is 31.9 Å². The Morgan fingerprint density at radius 3 is 2.68 bits per heavy atom. The van der Waals surface area contributed by atoms with E-state index in [-0.39, 0.29) is 11.8 Å². The smallest absolute Gasteiger partial charge is 0.251 e. The van der Waals surface area contributed by atoms with Crippen LogP contribution in [-0.4, -0.2) is 38.0 Å². The molecule has 120 valence electrons. The molecule has 0 aliphatic carbocycles. The summed E-state index contributed by atoms with van der Waals surface area (Å²) >= 11 is 3.33. The Bertz CT molecular complexity index is 499. The zero-order chi connectivity index (χ0) is 15.8. The zero-order valence-electron chi connectivity index (χ0n) is 12.5. The van der Waals surface area contributed by atoms with Gasteiger partial charge in [-0.15, -0.1) is 0 Å². The van der Waals surface area contributed by atoms with Crippen LogP contribution in [0, 0.1) is 5.92 Å². The Morgan fingerprint density at radius 1 is 1.23 bits per heavy atom. The standard InChI is InChI=1S/C16H22BrN3O2/c17-14-5-3-13(4-6-14)16(22)19-9-7-15(21)20-11-12-2-1-8-18-10-12/h3-6,12,18H,1-2,7-11H2,(H,19,22)(H,20,21). The molecular formula is C16H22BrN3O2. The minimum atomic E-state index is -0.156. The van der Waals surface area contributed by atoms with Crippen molar-refractivity contribution >= 4 is 27.7 Å². The van der Waals surface area contributed by atoms with E-state index in [1.54, 1.807) is 12.1 Å². The highest BCUT2D eigenvalue weighted by atomic mass is 79.9. The van der Waals surface area contributed by atoms with Gasteiger partial charge in [0.1, 0.15) is 0 Å². The summed E-state index contributed by atoms with van der Waals surface area (Å²) in [5.74, 6) is 0.355. The van der Waals surface area contributed by atoms with Crippen molar-refractivity contribution < 1.29 is 9.59 Å². The monoisotopic (exact) mass is 367 g/mol. The number of nitrogens with one attached hydrogen (secondary N) is 3. The quantitative estimate of drug-likeness (QED) is 0.716. The van der Waals surface area contributed by atoms with E-state index in [0.29, 0.717) is 31.0 Å². The SMILES string of the molecule is O=C(CCNC(=O)c1ccc(Br)cc1)NCC1CCCNC1. The molecule has 2 amide bonds. The van der Waals surface area contributed by atoms with E-state index < -0.39 is 0 Å². The second-order valence-electron chi connectivity index (χ2n) is 5.53. The fourth-order valence-electron chi connectivity index (χ4n) is 2.44. The number of amides is 2. The van der Waals surface area contributed by atoms with Crippen LogP contribution in [0.15, 0.2) is 28.7 Å². The molecule has 1 saturated heterocycles. The van der Waals surface area contributed by atoms with Crippen molar-refractivity contribution in [2.45, 2.75) is 19.3 Å². The van der Waals surface area contributed by atoms with Crippen LogP contribution in [0.25, 0.3) is 0 Å². The van der Waals surface area contributed by atoms with Crippen LogP contribution in [0.5, 0.6) is 0 Å². The molecule has 2 rings (SSSR count). The number of hydrogen-bond donors (Lipinski definition) is 3. The van der Waals surface area contributed by atoms with Crippen molar-refractivity contribution in [3.63, 3.8) is 0 Å². The van der Waals surface area contributed by atoms with E-state index in [9.17, 15) is 9.59 Å². The molecule has 0 spiro atoms. The predicted octanol–water partition coefficient (Wildman–Crippen LogP) is 1.68. The average Bonchev–Trinajstić information content (AvgIpc) is 2.54. The topological polar surface area (TPSA) is 70.2 Å². The van der Waals surface area contributed by atoms with E-state index in [4.69, 9.17) is 0 Å². The lowest BCUT2D eigenvalue weighted by molar-refractivity contribution is -0.121.